The molecule has 27 heavy (non-hydrogen) atoms. The molecule has 0 atom stereocenters. The minimum atomic E-state index is -0.496. The average Bonchev–Trinajstić information content (AvgIpc) is 3.11. The van der Waals surface area contributed by atoms with Crippen molar-refractivity contribution in [3.8, 4) is 11.5 Å². The van der Waals surface area contributed by atoms with E-state index in [1.165, 1.54) is 30.3 Å². The lowest BCUT2D eigenvalue weighted by Crippen LogP contribution is -2.14. The van der Waals surface area contributed by atoms with Crippen LogP contribution in [0.1, 0.15) is 0 Å². The summed E-state index contributed by atoms with van der Waals surface area (Å²) in [4.78, 5) is 22.2. The number of rotatable bonds is 6. The predicted octanol–water partition coefficient (Wildman–Crippen LogP) is 4.68. The third-order valence-electron chi connectivity index (χ3n) is 3.26. The topological polar surface area (TPSA) is 111 Å². The molecule has 1 N–H and O–H groups in total. The lowest BCUT2D eigenvalue weighted by Gasteiger charge is -2.06. The number of hydrogen-bond acceptors (Lipinski definition) is 7. The number of benzene rings is 2. The smallest absolute Gasteiger partial charge is 0.277 e. The molecule has 1 aromatic heterocycles. The molecule has 0 unspecified atom stereocenters. The molecule has 0 radical (unpaired) electrons. The average molecular weight is 425 g/mol. The Bertz CT molecular complexity index is 994. The number of nitrogens with one attached hydrogen (secondary N) is 1. The van der Waals surface area contributed by atoms with Gasteiger partial charge in [0.1, 0.15) is 0 Å². The first-order valence-electron chi connectivity index (χ1n) is 7.38. The first-order valence-corrected chi connectivity index (χ1v) is 9.12. The fourth-order valence-electron chi connectivity index (χ4n) is 2.01. The maximum absolute atomic E-state index is 12.0. The van der Waals surface area contributed by atoms with Gasteiger partial charge in [0.05, 0.1) is 21.4 Å². The van der Waals surface area contributed by atoms with Crippen LogP contribution in [0.4, 0.5) is 11.4 Å². The fraction of sp³-hybridized carbons (Fsp3) is 0.0625. The van der Waals surface area contributed by atoms with Gasteiger partial charge in [-0.3, -0.25) is 14.9 Å². The van der Waals surface area contributed by atoms with Crippen molar-refractivity contribution in [1.29, 1.82) is 0 Å². The van der Waals surface area contributed by atoms with Gasteiger partial charge in [0, 0.05) is 22.7 Å². The van der Waals surface area contributed by atoms with Gasteiger partial charge in [-0.2, -0.15) is 0 Å². The van der Waals surface area contributed by atoms with E-state index in [0.717, 1.165) is 11.8 Å². The number of carbonyl (C=O) groups is 1. The van der Waals surface area contributed by atoms with Crippen LogP contribution in [0.25, 0.3) is 11.5 Å². The Morgan fingerprint density at radius 3 is 2.59 bits per heavy atom. The summed E-state index contributed by atoms with van der Waals surface area (Å²) in [6.07, 6.45) is 0. The van der Waals surface area contributed by atoms with Crippen molar-refractivity contribution in [1.82, 2.24) is 10.2 Å². The quantitative estimate of drug-likeness (QED) is 0.347. The molecule has 0 aliphatic carbocycles. The molecule has 1 amide bonds. The van der Waals surface area contributed by atoms with Crippen LogP contribution in [0.5, 0.6) is 0 Å². The number of hydrogen-bond donors (Lipinski definition) is 1. The van der Waals surface area contributed by atoms with E-state index < -0.39 is 4.92 Å². The van der Waals surface area contributed by atoms with Gasteiger partial charge in [-0.15, -0.1) is 10.2 Å². The van der Waals surface area contributed by atoms with Gasteiger partial charge in [-0.1, -0.05) is 35.0 Å². The lowest BCUT2D eigenvalue weighted by molar-refractivity contribution is -0.384. The van der Waals surface area contributed by atoms with Gasteiger partial charge in [0.25, 0.3) is 10.9 Å². The summed E-state index contributed by atoms with van der Waals surface area (Å²) in [5.41, 5.74) is 0.950. The number of anilines is 1. The number of amides is 1. The summed E-state index contributed by atoms with van der Waals surface area (Å²) in [6, 6.07) is 10.5. The van der Waals surface area contributed by atoms with Crippen LogP contribution in [0, 0.1) is 10.1 Å². The zero-order valence-electron chi connectivity index (χ0n) is 13.4. The molecule has 0 fully saturated rings. The Labute approximate surface area is 167 Å². The highest BCUT2D eigenvalue weighted by Crippen LogP contribution is 2.27. The van der Waals surface area contributed by atoms with E-state index in [2.05, 4.69) is 15.5 Å². The Hall–Kier alpha value is -2.62. The molecular formula is C16H10Cl2N4O4S. The van der Waals surface area contributed by atoms with Gasteiger partial charge in [-0.25, -0.2) is 0 Å². The predicted molar refractivity (Wildman–Crippen MR) is 102 cm³/mol. The Balaban J connectivity index is 1.59. The minimum Gasteiger partial charge on any atom is -0.411 e. The van der Waals surface area contributed by atoms with Crippen molar-refractivity contribution in [2.24, 2.45) is 0 Å². The molecule has 0 aliphatic heterocycles. The van der Waals surface area contributed by atoms with Crippen LogP contribution < -0.4 is 5.32 Å². The monoisotopic (exact) mass is 424 g/mol. The number of nitro groups is 1. The number of aromatic nitrogens is 2. The number of nitro benzene ring substituents is 1. The molecule has 0 spiro atoms. The number of thioether (sulfide) groups is 1. The summed E-state index contributed by atoms with van der Waals surface area (Å²) in [5.74, 6) is -0.0752. The molecule has 3 aromatic rings. The summed E-state index contributed by atoms with van der Waals surface area (Å²) in [6.45, 7) is 0. The van der Waals surface area contributed by atoms with E-state index in [0.29, 0.717) is 21.3 Å². The van der Waals surface area contributed by atoms with Crippen molar-refractivity contribution < 1.29 is 14.1 Å². The molecule has 0 saturated heterocycles. The van der Waals surface area contributed by atoms with Gasteiger partial charge in [-0.05, 0) is 30.3 Å². The second kappa shape index (κ2) is 8.38. The molecule has 11 heteroatoms. The lowest BCUT2D eigenvalue weighted by atomic mass is 10.2. The second-order valence-corrected chi connectivity index (χ2v) is 6.91. The van der Waals surface area contributed by atoms with E-state index >= 15 is 0 Å². The van der Waals surface area contributed by atoms with Crippen molar-refractivity contribution in [2.75, 3.05) is 11.1 Å². The highest BCUT2D eigenvalue weighted by molar-refractivity contribution is 7.99. The van der Waals surface area contributed by atoms with E-state index in [-0.39, 0.29) is 28.5 Å². The highest BCUT2D eigenvalue weighted by atomic mass is 35.5. The summed E-state index contributed by atoms with van der Waals surface area (Å²) < 4.78 is 5.46. The molecule has 3 rings (SSSR count). The number of halogens is 2. The highest BCUT2D eigenvalue weighted by Gasteiger charge is 2.13. The first kappa shape index (κ1) is 19.2. The van der Waals surface area contributed by atoms with Crippen molar-refractivity contribution in [2.45, 2.75) is 5.22 Å². The number of non-ortho nitro benzene ring substituents is 1. The van der Waals surface area contributed by atoms with Crippen molar-refractivity contribution in [3.63, 3.8) is 0 Å². The zero-order valence-corrected chi connectivity index (χ0v) is 15.7. The van der Waals surface area contributed by atoms with E-state index in [1.54, 1.807) is 12.1 Å². The third kappa shape index (κ3) is 4.97. The minimum absolute atomic E-state index is 0.0286. The van der Waals surface area contributed by atoms with E-state index in [1.807, 2.05) is 0 Å². The van der Waals surface area contributed by atoms with Crippen LogP contribution in [0.15, 0.2) is 52.1 Å². The van der Waals surface area contributed by atoms with Gasteiger partial charge >= 0.3 is 0 Å². The van der Waals surface area contributed by atoms with E-state index in [9.17, 15) is 14.9 Å². The molecule has 138 valence electrons. The van der Waals surface area contributed by atoms with E-state index in [4.69, 9.17) is 27.6 Å². The largest absolute Gasteiger partial charge is 0.411 e. The molecule has 0 bridgehead atoms. The maximum atomic E-state index is 12.0. The van der Waals surface area contributed by atoms with Crippen LogP contribution in [-0.4, -0.2) is 26.8 Å². The normalized spacial score (nSPS) is 10.6. The van der Waals surface area contributed by atoms with Crippen LogP contribution in [0.3, 0.4) is 0 Å². The molecule has 2 aromatic carbocycles. The molecule has 1 heterocycles. The second-order valence-electron chi connectivity index (χ2n) is 5.14. The summed E-state index contributed by atoms with van der Waals surface area (Å²) in [7, 11) is 0. The molecular weight excluding hydrogens is 415 g/mol. The van der Waals surface area contributed by atoms with Crippen LogP contribution >= 0.6 is 35.0 Å². The third-order valence-corrected chi connectivity index (χ3v) is 4.63. The standard InChI is InChI=1S/C16H10Cl2N4O4S/c17-10-3-6-13(12(18)7-10)19-14(23)8-27-16-21-20-15(26-16)9-1-4-11(5-2-9)22(24)25/h1-7H,8H2,(H,19,23). The Kier molecular flexibility index (Phi) is 5.94. The molecule has 0 saturated carbocycles. The first-order chi connectivity index (χ1) is 12.9. The van der Waals surface area contributed by atoms with Crippen LogP contribution in [-0.2, 0) is 4.79 Å². The van der Waals surface area contributed by atoms with Crippen molar-refractivity contribution in [3.05, 3.63) is 62.6 Å². The summed E-state index contributed by atoms with van der Waals surface area (Å²) in [5, 5.41) is 22.0. The zero-order chi connectivity index (χ0) is 19.4. The fourth-order valence-corrected chi connectivity index (χ4v) is 3.03. The SMILES string of the molecule is O=C(CSc1nnc(-c2ccc([N+](=O)[O-])cc2)o1)Nc1ccc(Cl)cc1Cl. The Morgan fingerprint density at radius 1 is 1.19 bits per heavy atom. The molecule has 0 aliphatic rings. The van der Waals surface area contributed by atoms with Gasteiger partial charge in [0.15, 0.2) is 0 Å². The number of nitrogens with zero attached hydrogens (tertiary/aromatic N) is 3. The molecule has 8 nitrogen and oxygen atoms in total. The van der Waals surface area contributed by atoms with Gasteiger partial charge < -0.3 is 9.73 Å². The Morgan fingerprint density at radius 2 is 1.93 bits per heavy atom. The van der Waals surface area contributed by atoms with Crippen molar-refractivity contribution >= 4 is 52.2 Å². The summed E-state index contributed by atoms with van der Waals surface area (Å²) >= 11 is 12.9. The van der Waals surface area contributed by atoms with Gasteiger partial charge in [0.2, 0.25) is 11.8 Å². The maximum Gasteiger partial charge on any atom is 0.277 e. The number of carbonyl (C=O) groups excluding carboxylic acids is 1. The van der Waals surface area contributed by atoms with Crippen LogP contribution in [0.2, 0.25) is 10.0 Å².